The zero-order valence-corrected chi connectivity index (χ0v) is 11.6. The fourth-order valence-electron chi connectivity index (χ4n) is 1.51. The van der Waals surface area contributed by atoms with Gasteiger partial charge in [0.25, 0.3) is 5.91 Å². The molecule has 1 aromatic rings. The number of methoxy groups -OCH3 is 1. The molecule has 0 saturated heterocycles. The van der Waals surface area contributed by atoms with Crippen LogP contribution in [-0.2, 0) is 9.53 Å². The lowest BCUT2D eigenvalue weighted by atomic mass is 10.2. The highest BCUT2D eigenvalue weighted by Gasteiger charge is 2.03. The average molecular weight is 279 g/mol. The maximum atomic E-state index is 11.7. The van der Waals surface area contributed by atoms with Crippen molar-refractivity contribution in [3.8, 4) is 0 Å². The summed E-state index contributed by atoms with van der Waals surface area (Å²) in [6.45, 7) is 2.26. The summed E-state index contributed by atoms with van der Waals surface area (Å²) in [4.78, 5) is 23.1. The second-order valence-corrected chi connectivity index (χ2v) is 4.14. The Morgan fingerprint density at radius 2 is 1.75 bits per heavy atom. The van der Waals surface area contributed by atoms with E-state index in [0.29, 0.717) is 31.8 Å². The first-order valence-electron chi connectivity index (χ1n) is 6.53. The van der Waals surface area contributed by atoms with Gasteiger partial charge in [-0.05, 0) is 12.1 Å². The first-order chi connectivity index (χ1) is 9.74. The van der Waals surface area contributed by atoms with Crippen LogP contribution < -0.4 is 16.0 Å². The Hall–Kier alpha value is -1.92. The van der Waals surface area contributed by atoms with Crippen molar-refractivity contribution in [2.45, 2.75) is 0 Å². The number of carbonyl (C=O) groups excluding carboxylic acids is 2. The molecule has 3 N–H and O–H groups in total. The first kappa shape index (κ1) is 16.1. The monoisotopic (exact) mass is 279 g/mol. The maximum Gasteiger partial charge on any atom is 0.251 e. The molecular formula is C14H21N3O3. The lowest BCUT2D eigenvalue weighted by molar-refractivity contribution is -0.120. The molecule has 0 unspecified atom stereocenters. The summed E-state index contributed by atoms with van der Waals surface area (Å²) < 4.78 is 4.85. The van der Waals surface area contributed by atoms with Gasteiger partial charge in [0.1, 0.15) is 0 Å². The predicted molar refractivity (Wildman–Crippen MR) is 76.5 cm³/mol. The normalized spacial score (nSPS) is 10.1. The van der Waals surface area contributed by atoms with Crippen molar-refractivity contribution < 1.29 is 14.3 Å². The molecule has 0 aliphatic heterocycles. The average Bonchev–Trinajstić information content (AvgIpc) is 2.49. The van der Waals surface area contributed by atoms with E-state index in [1.54, 1.807) is 19.2 Å². The number of carbonyl (C=O) groups is 2. The SMILES string of the molecule is COCCNCC(=O)NCCNC(=O)c1ccccc1. The number of ether oxygens (including phenoxy) is 1. The third-order valence-electron chi connectivity index (χ3n) is 2.54. The van der Waals surface area contributed by atoms with E-state index in [4.69, 9.17) is 4.74 Å². The third-order valence-corrected chi connectivity index (χ3v) is 2.54. The third kappa shape index (κ3) is 6.86. The molecule has 6 nitrogen and oxygen atoms in total. The van der Waals surface area contributed by atoms with Crippen LogP contribution in [0.15, 0.2) is 30.3 Å². The van der Waals surface area contributed by atoms with Crippen molar-refractivity contribution >= 4 is 11.8 Å². The van der Waals surface area contributed by atoms with Crippen molar-refractivity contribution in [1.29, 1.82) is 0 Å². The number of hydrogen-bond donors (Lipinski definition) is 3. The lowest BCUT2D eigenvalue weighted by Gasteiger charge is -2.08. The minimum Gasteiger partial charge on any atom is -0.383 e. The summed E-state index contributed by atoms with van der Waals surface area (Å²) >= 11 is 0. The van der Waals surface area contributed by atoms with Gasteiger partial charge in [-0.3, -0.25) is 9.59 Å². The Morgan fingerprint density at radius 3 is 2.45 bits per heavy atom. The fraction of sp³-hybridized carbons (Fsp3) is 0.429. The van der Waals surface area contributed by atoms with Crippen molar-refractivity contribution in [2.24, 2.45) is 0 Å². The van der Waals surface area contributed by atoms with Crippen molar-refractivity contribution in [1.82, 2.24) is 16.0 Å². The van der Waals surface area contributed by atoms with Crippen molar-refractivity contribution in [3.63, 3.8) is 0 Å². The van der Waals surface area contributed by atoms with Gasteiger partial charge in [-0.15, -0.1) is 0 Å². The highest BCUT2D eigenvalue weighted by Crippen LogP contribution is 1.96. The molecule has 0 fully saturated rings. The van der Waals surface area contributed by atoms with Gasteiger partial charge in [-0.2, -0.15) is 0 Å². The molecule has 0 radical (unpaired) electrons. The molecule has 0 aliphatic carbocycles. The molecule has 0 saturated carbocycles. The summed E-state index contributed by atoms with van der Waals surface area (Å²) in [6.07, 6.45) is 0. The van der Waals surface area contributed by atoms with E-state index in [1.807, 2.05) is 18.2 Å². The Balaban J connectivity index is 2.07. The van der Waals surface area contributed by atoms with Crippen molar-refractivity contribution in [2.75, 3.05) is 39.9 Å². The Morgan fingerprint density at radius 1 is 1.05 bits per heavy atom. The molecule has 20 heavy (non-hydrogen) atoms. The highest BCUT2D eigenvalue weighted by atomic mass is 16.5. The molecule has 0 atom stereocenters. The van der Waals surface area contributed by atoms with Crippen molar-refractivity contribution in [3.05, 3.63) is 35.9 Å². The fourth-order valence-corrected chi connectivity index (χ4v) is 1.51. The molecule has 0 spiro atoms. The number of hydrogen-bond acceptors (Lipinski definition) is 4. The topological polar surface area (TPSA) is 79.5 Å². The molecule has 110 valence electrons. The van der Waals surface area contributed by atoms with E-state index in [-0.39, 0.29) is 18.4 Å². The van der Waals surface area contributed by atoms with Crippen LogP contribution in [0, 0.1) is 0 Å². The predicted octanol–water partition coefficient (Wildman–Crippen LogP) is -0.231. The van der Waals surface area contributed by atoms with Crippen LogP contribution in [0.3, 0.4) is 0 Å². The molecule has 0 bridgehead atoms. The Labute approximate surface area is 118 Å². The van der Waals surface area contributed by atoms with Crippen LogP contribution in [0.1, 0.15) is 10.4 Å². The van der Waals surface area contributed by atoms with Crippen LogP contribution in [0.5, 0.6) is 0 Å². The lowest BCUT2D eigenvalue weighted by Crippen LogP contribution is -2.39. The molecule has 6 heteroatoms. The van der Waals surface area contributed by atoms with Gasteiger partial charge < -0.3 is 20.7 Å². The summed E-state index contributed by atoms with van der Waals surface area (Å²) in [7, 11) is 1.61. The first-order valence-corrected chi connectivity index (χ1v) is 6.53. The van der Waals surface area contributed by atoms with Gasteiger partial charge in [0, 0.05) is 32.3 Å². The molecule has 1 rings (SSSR count). The summed E-state index contributed by atoms with van der Waals surface area (Å²) in [5.41, 5.74) is 0.611. The van der Waals surface area contributed by atoms with Crippen LogP contribution in [0.25, 0.3) is 0 Å². The van der Waals surface area contributed by atoms with Gasteiger partial charge in [-0.25, -0.2) is 0 Å². The molecule has 0 heterocycles. The van der Waals surface area contributed by atoms with Gasteiger partial charge in [0.15, 0.2) is 0 Å². The van der Waals surface area contributed by atoms with Gasteiger partial charge >= 0.3 is 0 Å². The molecule has 0 aliphatic rings. The minimum absolute atomic E-state index is 0.102. The molecule has 0 aromatic heterocycles. The number of amides is 2. The largest absolute Gasteiger partial charge is 0.383 e. The van der Waals surface area contributed by atoms with Crippen LogP contribution >= 0.6 is 0 Å². The van der Waals surface area contributed by atoms with Crippen LogP contribution in [-0.4, -0.2) is 51.7 Å². The number of nitrogens with one attached hydrogen (secondary N) is 3. The maximum absolute atomic E-state index is 11.7. The molecule has 1 aromatic carbocycles. The quantitative estimate of drug-likeness (QED) is 0.546. The van der Waals surface area contributed by atoms with E-state index in [1.165, 1.54) is 0 Å². The number of rotatable bonds is 9. The smallest absolute Gasteiger partial charge is 0.251 e. The van der Waals surface area contributed by atoms with Gasteiger partial charge in [0.05, 0.1) is 13.2 Å². The standard InChI is InChI=1S/C14H21N3O3/c1-20-10-9-15-11-13(18)16-7-8-17-14(19)12-5-3-2-4-6-12/h2-6,15H,7-11H2,1H3,(H,16,18)(H,17,19). The number of benzene rings is 1. The van der Waals surface area contributed by atoms with E-state index >= 15 is 0 Å². The summed E-state index contributed by atoms with van der Waals surface area (Å²) in [5.74, 6) is -0.242. The summed E-state index contributed by atoms with van der Waals surface area (Å²) in [5, 5.41) is 8.38. The van der Waals surface area contributed by atoms with Gasteiger partial charge in [0.2, 0.25) is 5.91 Å². The second kappa shape index (κ2) is 9.94. The van der Waals surface area contributed by atoms with E-state index in [0.717, 1.165) is 0 Å². The molecular weight excluding hydrogens is 258 g/mol. The highest BCUT2D eigenvalue weighted by molar-refractivity contribution is 5.94. The van der Waals surface area contributed by atoms with Gasteiger partial charge in [-0.1, -0.05) is 18.2 Å². The Kier molecular flexibility index (Phi) is 8.02. The minimum atomic E-state index is -0.141. The second-order valence-electron chi connectivity index (χ2n) is 4.14. The zero-order chi connectivity index (χ0) is 14.6. The van der Waals surface area contributed by atoms with Crippen LogP contribution in [0.2, 0.25) is 0 Å². The Bertz CT molecular complexity index is 409. The van der Waals surface area contributed by atoms with E-state index in [9.17, 15) is 9.59 Å². The van der Waals surface area contributed by atoms with E-state index < -0.39 is 0 Å². The van der Waals surface area contributed by atoms with Crippen LogP contribution in [0.4, 0.5) is 0 Å². The zero-order valence-electron chi connectivity index (χ0n) is 11.6. The van der Waals surface area contributed by atoms with E-state index in [2.05, 4.69) is 16.0 Å². The molecule has 2 amide bonds. The summed E-state index contributed by atoms with van der Waals surface area (Å²) in [6, 6.07) is 8.96.